The van der Waals surface area contributed by atoms with Crippen molar-refractivity contribution in [1.29, 1.82) is 0 Å². The molecule has 0 aromatic carbocycles. The maximum atomic E-state index is 11.9. The lowest BCUT2D eigenvalue weighted by Crippen LogP contribution is -2.51. The second-order valence-electron chi connectivity index (χ2n) is 5.04. The Hall–Kier alpha value is -1.14. The zero-order valence-electron chi connectivity index (χ0n) is 11.4. The van der Waals surface area contributed by atoms with E-state index in [-0.39, 0.29) is 18.5 Å². The summed E-state index contributed by atoms with van der Waals surface area (Å²) in [5.74, 6) is -0.671. The lowest BCUT2D eigenvalue weighted by Gasteiger charge is -2.34. The van der Waals surface area contributed by atoms with Crippen LogP contribution in [0.25, 0.3) is 0 Å². The molecule has 1 N–H and O–H groups in total. The van der Waals surface area contributed by atoms with Crippen LogP contribution < -0.4 is 0 Å². The van der Waals surface area contributed by atoms with Crippen LogP contribution in [-0.4, -0.2) is 84.0 Å². The van der Waals surface area contributed by atoms with E-state index in [4.69, 9.17) is 5.11 Å². The molecule has 0 aromatic heterocycles. The number of piperazine rings is 1. The first-order valence-electron chi connectivity index (χ1n) is 6.32. The molecule has 1 aliphatic heterocycles. The van der Waals surface area contributed by atoms with Crippen LogP contribution in [0, 0.1) is 0 Å². The zero-order valence-corrected chi connectivity index (χ0v) is 11.4. The molecule has 18 heavy (non-hydrogen) atoms. The summed E-state index contributed by atoms with van der Waals surface area (Å²) in [6.45, 7) is 7.43. The van der Waals surface area contributed by atoms with Crippen molar-refractivity contribution in [2.24, 2.45) is 0 Å². The minimum absolute atomic E-state index is 0.0910. The van der Waals surface area contributed by atoms with Crippen molar-refractivity contribution in [2.45, 2.75) is 19.9 Å². The van der Waals surface area contributed by atoms with Crippen molar-refractivity contribution < 1.29 is 14.7 Å². The summed E-state index contributed by atoms with van der Waals surface area (Å²) in [5, 5.41) is 8.69. The second-order valence-corrected chi connectivity index (χ2v) is 5.04. The van der Waals surface area contributed by atoms with Gasteiger partial charge in [-0.15, -0.1) is 0 Å². The highest BCUT2D eigenvalue weighted by Gasteiger charge is 2.22. The van der Waals surface area contributed by atoms with Gasteiger partial charge in [0.1, 0.15) is 0 Å². The van der Waals surface area contributed by atoms with Gasteiger partial charge in [0.25, 0.3) is 0 Å². The highest BCUT2D eigenvalue weighted by Crippen LogP contribution is 2.03. The van der Waals surface area contributed by atoms with Crippen molar-refractivity contribution >= 4 is 11.9 Å². The molecule has 104 valence electrons. The van der Waals surface area contributed by atoms with E-state index in [0.717, 1.165) is 13.1 Å². The van der Waals surface area contributed by atoms with Crippen LogP contribution in [0.5, 0.6) is 0 Å². The van der Waals surface area contributed by atoms with Crippen LogP contribution in [0.2, 0.25) is 0 Å². The third-order valence-corrected chi connectivity index (χ3v) is 3.35. The monoisotopic (exact) mass is 257 g/mol. The number of carbonyl (C=O) groups excluding carboxylic acids is 1. The third kappa shape index (κ3) is 4.62. The van der Waals surface area contributed by atoms with Crippen molar-refractivity contribution in [3.8, 4) is 0 Å². The molecule has 0 radical (unpaired) electrons. The lowest BCUT2D eigenvalue weighted by atomic mass is 10.3. The molecule has 0 aromatic rings. The Kier molecular flexibility index (Phi) is 5.55. The molecule has 0 saturated carbocycles. The predicted molar refractivity (Wildman–Crippen MR) is 68.4 cm³/mol. The number of aliphatic carboxylic acids is 1. The summed E-state index contributed by atoms with van der Waals surface area (Å²) in [7, 11) is 1.81. The lowest BCUT2D eigenvalue weighted by molar-refractivity contribution is -0.139. The SMILES string of the molecule is CC(C)N(C)C(=O)CN1CCN(CC(=O)O)CC1. The quantitative estimate of drug-likeness (QED) is 0.723. The van der Waals surface area contributed by atoms with E-state index in [1.807, 2.05) is 25.8 Å². The van der Waals surface area contributed by atoms with Gasteiger partial charge in [-0.05, 0) is 13.8 Å². The van der Waals surface area contributed by atoms with Gasteiger partial charge in [-0.25, -0.2) is 0 Å². The fourth-order valence-corrected chi connectivity index (χ4v) is 1.89. The molecule has 1 heterocycles. The second kappa shape index (κ2) is 6.70. The van der Waals surface area contributed by atoms with E-state index in [1.165, 1.54) is 0 Å². The fraction of sp³-hybridized carbons (Fsp3) is 0.833. The maximum absolute atomic E-state index is 11.9. The molecular formula is C12H23N3O3. The number of hydrogen-bond acceptors (Lipinski definition) is 4. The van der Waals surface area contributed by atoms with Crippen LogP contribution >= 0.6 is 0 Å². The third-order valence-electron chi connectivity index (χ3n) is 3.35. The van der Waals surface area contributed by atoms with Gasteiger partial charge in [-0.3, -0.25) is 19.4 Å². The topological polar surface area (TPSA) is 64.1 Å². The van der Waals surface area contributed by atoms with Gasteiger partial charge in [-0.2, -0.15) is 0 Å². The van der Waals surface area contributed by atoms with E-state index in [1.54, 1.807) is 4.90 Å². The molecule has 0 unspecified atom stereocenters. The summed E-state index contributed by atoms with van der Waals surface area (Å²) < 4.78 is 0. The zero-order chi connectivity index (χ0) is 13.7. The summed E-state index contributed by atoms with van der Waals surface area (Å²) >= 11 is 0. The molecule has 1 amide bonds. The Morgan fingerprint density at radius 1 is 1.11 bits per heavy atom. The smallest absolute Gasteiger partial charge is 0.317 e. The average Bonchev–Trinajstić information content (AvgIpc) is 2.29. The molecule has 0 atom stereocenters. The van der Waals surface area contributed by atoms with Crippen molar-refractivity contribution in [3.05, 3.63) is 0 Å². The van der Waals surface area contributed by atoms with Crippen LogP contribution in [0.15, 0.2) is 0 Å². The Balaban J connectivity index is 2.31. The molecular weight excluding hydrogens is 234 g/mol. The van der Waals surface area contributed by atoms with Gasteiger partial charge in [0, 0.05) is 39.3 Å². The van der Waals surface area contributed by atoms with E-state index in [2.05, 4.69) is 4.90 Å². The van der Waals surface area contributed by atoms with Gasteiger partial charge in [0.2, 0.25) is 5.91 Å². The van der Waals surface area contributed by atoms with Crippen LogP contribution in [0.1, 0.15) is 13.8 Å². The van der Waals surface area contributed by atoms with E-state index in [0.29, 0.717) is 19.6 Å². The first kappa shape index (κ1) is 14.9. The Labute approximate surface area is 108 Å². The van der Waals surface area contributed by atoms with E-state index >= 15 is 0 Å². The number of carbonyl (C=O) groups is 2. The Morgan fingerprint density at radius 2 is 1.56 bits per heavy atom. The normalized spacial score (nSPS) is 18.0. The number of hydrogen-bond donors (Lipinski definition) is 1. The first-order chi connectivity index (χ1) is 8.40. The summed E-state index contributed by atoms with van der Waals surface area (Å²) in [6.07, 6.45) is 0. The molecule has 1 fully saturated rings. The minimum Gasteiger partial charge on any atom is -0.480 e. The number of amides is 1. The molecule has 1 aliphatic rings. The summed E-state index contributed by atoms with van der Waals surface area (Å²) in [4.78, 5) is 28.2. The van der Waals surface area contributed by atoms with Gasteiger partial charge in [0.15, 0.2) is 0 Å². The number of carboxylic acid groups (broad SMARTS) is 1. The number of rotatable bonds is 5. The highest BCUT2D eigenvalue weighted by atomic mass is 16.4. The van der Waals surface area contributed by atoms with E-state index in [9.17, 15) is 9.59 Å². The summed E-state index contributed by atoms with van der Waals surface area (Å²) in [6, 6.07) is 0.214. The van der Waals surface area contributed by atoms with Crippen LogP contribution in [-0.2, 0) is 9.59 Å². The first-order valence-corrected chi connectivity index (χ1v) is 6.32. The van der Waals surface area contributed by atoms with E-state index < -0.39 is 5.97 Å². The van der Waals surface area contributed by atoms with Gasteiger partial charge < -0.3 is 10.0 Å². The standard InChI is InChI=1S/C12H23N3O3/c1-10(2)13(3)11(16)8-14-4-6-15(7-5-14)9-12(17)18/h10H,4-9H2,1-3H3,(H,17,18). The Bertz CT molecular complexity index is 299. The van der Waals surface area contributed by atoms with Crippen molar-refractivity contribution in [1.82, 2.24) is 14.7 Å². The average molecular weight is 257 g/mol. The molecule has 0 spiro atoms. The van der Waals surface area contributed by atoms with Crippen LogP contribution in [0.4, 0.5) is 0 Å². The van der Waals surface area contributed by atoms with Gasteiger partial charge in [-0.1, -0.05) is 0 Å². The highest BCUT2D eigenvalue weighted by molar-refractivity contribution is 5.78. The Morgan fingerprint density at radius 3 is 1.94 bits per heavy atom. The minimum atomic E-state index is -0.793. The predicted octanol–water partition coefficient (Wildman–Crippen LogP) is -0.445. The molecule has 6 nitrogen and oxygen atoms in total. The number of nitrogens with zero attached hydrogens (tertiary/aromatic N) is 3. The van der Waals surface area contributed by atoms with Crippen LogP contribution in [0.3, 0.4) is 0 Å². The van der Waals surface area contributed by atoms with Gasteiger partial charge in [0.05, 0.1) is 13.1 Å². The largest absolute Gasteiger partial charge is 0.480 e. The van der Waals surface area contributed by atoms with Gasteiger partial charge >= 0.3 is 5.97 Å². The molecule has 0 aliphatic carbocycles. The van der Waals surface area contributed by atoms with Crippen molar-refractivity contribution in [2.75, 3.05) is 46.3 Å². The molecule has 6 heteroatoms. The number of likely N-dealkylation sites (N-methyl/N-ethyl adjacent to an activating group) is 1. The molecule has 1 saturated heterocycles. The fourth-order valence-electron chi connectivity index (χ4n) is 1.89. The number of carboxylic acids is 1. The molecule has 1 rings (SSSR count). The maximum Gasteiger partial charge on any atom is 0.317 e. The molecule has 0 bridgehead atoms. The summed E-state index contributed by atoms with van der Waals surface area (Å²) in [5.41, 5.74) is 0. The van der Waals surface area contributed by atoms with Crippen molar-refractivity contribution in [3.63, 3.8) is 0 Å².